The molecule has 0 bridgehead atoms. The molecule has 0 aliphatic carbocycles. The van der Waals surface area contributed by atoms with Gasteiger partial charge in [0.1, 0.15) is 0 Å². The lowest BCUT2D eigenvalue weighted by Gasteiger charge is -2.22. The Kier molecular flexibility index (Phi) is 6.11. The third kappa shape index (κ3) is 4.96. The second kappa shape index (κ2) is 7.11. The molecule has 1 rings (SSSR count). The van der Waals surface area contributed by atoms with E-state index in [0.717, 1.165) is 15.3 Å². The van der Waals surface area contributed by atoms with E-state index in [1.807, 2.05) is 62.3 Å². The van der Waals surface area contributed by atoms with Crippen LogP contribution in [0.3, 0.4) is 0 Å². The largest absolute Gasteiger partial charge is 0.349 e. The standard InChI is InChI=1S/C12H16BrN3S2/c1-15(2)11(16(3)4)14-12(17)18-10-7-5-9(13)6-8-10/h5-8H,1-4H3. The third-order valence-electron chi connectivity index (χ3n) is 2.01. The molecule has 0 aliphatic rings. The minimum Gasteiger partial charge on any atom is -0.349 e. The molecule has 3 nitrogen and oxygen atoms in total. The molecule has 0 atom stereocenters. The lowest BCUT2D eigenvalue weighted by atomic mass is 10.4. The number of halogens is 1. The summed E-state index contributed by atoms with van der Waals surface area (Å²) in [4.78, 5) is 9.41. The Bertz CT molecular complexity index is 431. The smallest absolute Gasteiger partial charge is 0.202 e. The highest BCUT2D eigenvalue weighted by Gasteiger charge is 2.07. The maximum atomic E-state index is 5.29. The van der Waals surface area contributed by atoms with Crippen LogP contribution < -0.4 is 0 Å². The molecule has 18 heavy (non-hydrogen) atoms. The normalized spacial score (nSPS) is 9.83. The molecule has 6 heteroatoms. The predicted octanol–water partition coefficient (Wildman–Crippen LogP) is 3.31. The number of rotatable bonds is 1. The third-order valence-corrected chi connectivity index (χ3v) is 3.65. The van der Waals surface area contributed by atoms with Crippen LogP contribution >= 0.6 is 39.9 Å². The Morgan fingerprint density at radius 2 is 1.61 bits per heavy atom. The Balaban J connectivity index is 2.76. The van der Waals surface area contributed by atoms with Crippen molar-refractivity contribution in [3.8, 4) is 0 Å². The molecule has 0 fully saturated rings. The van der Waals surface area contributed by atoms with E-state index >= 15 is 0 Å². The van der Waals surface area contributed by atoms with E-state index in [0.29, 0.717) is 4.32 Å². The first-order valence-electron chi connectivity index (χ1n) is 5.31. The molecule has 0 N–H and O–H groups in total. The summed E-state index contributed by atoms with van der Waals surface area (Å²) in [5.41, 5.74) is 0. The number of nitrogens with zero attached hydrogens (tertiary/aromatic N) is 3. The summed E-state index contributed by atoms with van der Waals surface area (Å²) >= 11 is 10.2. The molecule has 98 valence electrons. The number of thiocarbonyl (C=S) groups is 1. The van der Waals surface area contributed by atoms with Gasteiger partial charge in [-0.15, -0.1) is 0 Å². The fourth-order valence-corrected chi connectivity index (χ4v) is 2.54. The van der Waals surface area contributed by atoms with Crippen molar-refractivity contribution >= 4 is 50.2 Å². The van der Waals surface area contributed by atoms with Gasteiger partial charge in [0.25, 0.3) is 0 Å². The summed E-state index contributed by atoms with van der Waals surface area (Å²) < 4.78 is 1.67. The van der Waals surface area contributed by atoms with Gasteiger partial charge >= 0.3 is 0 Å². The molecule has 0 saturated heterocycles. The fraction of sp³-hybridized carbons (Fsp3) is 0.333. The van der Waals surface area contributed by atoms with Gasteiger partial charge in [-0.2, -0.15) is 4.99 Å². The Hall–Kier alpha value is -0.590. The summed E-state index contributed by atoms with van der Waals surface area (Å²) in [5, 5.41) is 0. The van der Waals surface area contributed by atoms with Crippen molar-refractivity contribution in [1.82, 2.24) is 9.80 Å². The van der Waals surface area contributed by atoms with E-state index < -0.39 is 0 Å². The van der Waals surface area contributed by atoms with Gasteiger partial charge in [0.15, 0.2) is 4.32 Å². The van der Waals surface area contributed by atoms with Gasteiger partial charge in [0.05, 0.1) is 0 Å². The number of aliphatic imine (C=N–C) groups is 1. The van der Waals surface area contributed by atoms with Crippen molar-refractivity contribution < 1.29 is 0 Å². The fourth-order valence-electron chi connectivity index (χ4n) is 1.31. The average Bonchev–Trinajstić information content (AvgIpc) is 2.28. The summed E-state index contributed by atoms with van der Waals surface area (Å²) in [6, 6.07) is 8.02. The van der Waals surface area contributed by atoms with Crippen LogP contribution in [-0.2, 0) is 0 Å². The highest BCUT2D eigenvalue weighted by molar-refractivity contribution is 9.10. The zero-order valence-electron chi connectivity index (χ0n) is 10.8. The Morgan fingerprint density at radius 1 is 1.11 bits per heavy atom. The molecule has 0 unspecified atom stereocenters. The van der Waals surface area contributed by atoms with E-state index in [1.54, 1.807) is 0 Å². The summed E-state index contributed by atoms with van der Waals surface area (Å²) in [6.07, 6.45) is 0. The van der Waals surface area contributed by atoms with E-state index in [-0.39, 0.29) is 0 Å². The van der Waals surface area contributed by atoms with Gasteiger partial charge in [0, 0.05) is 37.6 Å². The number of hydrogen-bond acceptors (Lipinski definition) is 2. The average molecular weight is 346 g/mol. The van der Waals surface area contributed by atoms with E-state index in [2.05, 4.69) is 20.9 Å². The molecule has 0 radical (unpaired) electrons. The number of thioether (sulfide) groups is 1. The van der Waals surface area contributed by atoms with Gasteiger partial charge in [0.2, 0.25) is 5.96 Å². The molecule has 0 amide bonds. The minimum atomic E-state index is 0.606. The van der Waals surface area contributed by atoms with E-state index in [9.17, 15) is 0 Å². The molecule has 0 aliphatic heterocycles. The topological polar surface area (TPSA) is 18.8 Å². The highest BCUT2D eigenvalue weighted by atomic mass is 79.9. The van der Waals surface area contributed by atoms with Gasteiger partial charge in [-0.1, -0.05) is 27.7 Å². The second-order valence-electron chi connectivity index (χ2n) is 4.02. The Morgan fingerprint density at radius 3 is 2.06 bits per heavy atom. The lowest BCUT2D eigenvalue weighted by Crippen LogP contribution is -2.35. The van der Waals surface area contributed by atoms with Gasteiger partial charge in [-0.25, -0.2) is 0 Å². The van der Waals surface area contributed by atoms with Crippen molar-refractivity contribution in [2.24, 2.45) is 4.99 Å². The van der Waals surface area contributed by atoms with Crippen LogP contribution in [0.15, 0.2) is 38.6 Å². The first-order valence-corrected chi connectivity index (χ1v) is 7.32. The zero-order valence-corrected chi connectivity index (χ0v) is 14.1. The van der Waals surface area contributed by atoms with Crippen LogP contribution in [0, 0.1) is 0 Å². The second-order valence-corrected chi connectivity index (χ2v) is 6.65. The Labute approximate surface area is 126 Å². The number of guanidine groups is 1. The van der Waals surface area contributed by atoms with Crippen molar-refractivity contribution in [3.05, 3.63) is 28.7 Å². The summed E-state index contributed by atoms with van der Waals surface area (Å²) in [6.45, 7) is 0. The molecular weight excluding hydrogens is 330 g/mol. The molecule has 0 spiro atoms. The van der Waals surface area contributed by atoms with E-state index in [1.165, 1.54) is 11.8 Å². The maximum absolute atomic E-state index is 5.29. The van der Waals surface area contributed by atoms with Crippen molar-refractivity contribution in [2.45, 2.75) is 4.90 Å². The molecule has 0 saturated carbocycles. The van der Waals surface area contributed by atoms with Gasteiger partial charge in [-0.05, 0) is 36.5 Å². The first kappa shape index (κ1) is 15.5. The summed E-state index contributed by atoms with van der Waals surface area (Å²) in [7, 11) is 7.80. The summed E-state index contributed by atoms with van der Waals surface area (Å²) in [5.74, 6) is 0.838. The number of hydrogen-bond donors (Lipinski definition) is 0. The molecular formula is C12H16BrN3S2. The highest BCUT2D eigenvalue weighted by Crippen LogP contribution is 2.22. The van der Waals surface area contributed by atoms with Gasteiger partial charge in [-0.3, -0.25) is 0 Å². The number of benzene rings is 1. The van der Waals surface area contributed by atoms with Crippen LogP contribution in [0.1, 0.15) is 0 Å². The van der Waals surface area contributed by atoms with Crippen LogP contribution in [-0.4, -0.2) is 48.3 Å². The van der Waals surface area contributed by atoms with Crippen molar-refractivity contribution in [1.29, 1.82) is 0 Å². The molecule has 0 heterocycles. The van der Waals surface area contributed by atoms with Crippen LogP contribution in [0.4, 0.5) is 0 Å². The minimum absolute atomic E-state index is 0.606. The monoisotopic (exact) mass is 345 g/mol. The quantitative estimate of drug-likeness (QED) is 0.336. The molecule has 1 aromatic carbocycles. The molecule has 0 aromatic heterocycles. The predicted molar refractivity (Wildman–Crippen MR) is 87.4 cm³/mol. The van der Waals surface area contributed by atoms with Crippen molar-refractivity contribution in [3.63, 3.8) is 0 Å². The maximum Gasteiger partial charge on any atom is 0.202 e. The van der Waals surface area contributed by atoms with Crippen LogP contribution in [0.2, 0.25) is 0 Å². The first-order chi connectivity index (χ1) is 8.40. The zero-order chi connectivity index (χ0) is 13.7. The van der Waals surface area contributed by atoms with Crippen molar-refractivity contribution in [2.75, 3.05) is 28.2 Å². The SMILES string of the molecule is CN(C)C(=NC(=S)Sc1ccc(Br)cc1)N(C)C. The van der Waals surface area contributed by atoms with Crippen LogP contribution in [0.5, 0.6) is 0 Å². The van der Waals surface area contributed by atoms with E-state index in [4.69, 9.17) is 12.2 Å². The molecule has 1 aromatic rings. The lowest BCUT2D eigenvalue weighted by molar-refractivity contribution is 0.485. The van der Waals surface area contributed by atoms with Crippen LogP contribution in [0.25, 0.3) is 0 Å². The van der Waals surface area contributed by atoms with Gasteiger partial charge < -0.3 is 9.80 Å².